The molecule has 0 aliphatic carbocycles. The van der Waals surface area contributed by atoms with E-state index in [0.717, 1.165) is 0 Å². The molecule has 19 heteroatoms. The van der Waals surface area contributed by atoms with Gasteiger partial charge in [0.1, 0.15) is 0 Å². The second-order valence-corrected chi connectivity index (χ2v) is 20.8. The molecule has 2 N–H and O–H groups in total. The lowest BCUT2D eigenvalue weighted by Gasteiger charge is -2.33. The molecule has 0 aromatic carbocycles. The van der Waals surface area contributed by atoms with Gasteiger partial charge in [-0.2, -0.15) is 11.8 Å². The fourth-order valence-corrected chi connectivity index (χ4v) is 9.24. The van der Waals surface area contributed by atoms with Gasteiger partial charge in [0.05, 0.1) is 6.42 Å². The van der Waals surface area contributed by atoms with Crippen LogP contribution < -0.4 is 5.32 Å². The van der Waals surface area contributed by atoms with Crippen LogP contribution in [0.3, 0.4) is 0 Å². The molecule has 8 amide bonds. The van der Waals surface area contributed by atoms with E-state index in [1.54, 1.807) is 41.2 Å². The number of rotatable bonds is 49. The van der Waals surface area contributed by atoms with Crippen LogP contribution in [-0.4, -0.2) is 202 Å². The van der Waals surface area contributed by atoms with Crippen molar-refractivity contribution in [3.63, 3.8) is 0 Å². The van der Waals surface area contributed by atoms with E-state index in [2.05, 4.69) is 46.8 Å². The first-order valence-electron chi connectivity index (χ1n) is 29.1. The first kappa shape index (κ1) is 75.5. The lowest BCUT2D eigenvalue weighted by Crippen LogP contribution is -2.49. The molecule has 0 aromatic heterocycles. The Morgan fingerprint density at radius 3 is 0.759 bits per heavy atom. The number of aliphatic carboxylic acids is 1. The van der Waals surface area contributed by atoms with Crippen molar-refractivity contribution in [2.45, 2.75) is 155 Å². The van der Waals surface area contributed by atoms with Crippen molar-refractivity contribution >= 4 is 65.0 Å². The lowest BCUT2D eigenvalue weighted by atomic mass is 10.2. The number of thioether (sulfide) groups is 1. The van der Waals surface area contributed by atoms with E-state index in [0.29, 0.717) is 108 Å². The third kappa shape index (κ3) is 38.0. The lowest BCUT2D eigenvalue weighted by molar-refractivity contribution is -0.138. The maximum absolute atomic E-state index is 14.1. The Hall–Kier alpha value is -7.50. The van der Waals surface area contributed by atoms with Crippen molar-refractivity contribution < 1.29 is 48.3 Å². The Bertz CT molecular complexity index is 2310. The average molecular weight is 1170 g/mol. The van der Waals surface area contributed by atoms with Gasteiger partial charge >= 0.3 is 5.97 Å². The van der Waals surface area contributed by atoms with Gasteiger partial charge in [0, 0.05) is 206 Å². The minimum Gasteiger partial charge on any atom is -0.481 e. The van der Waals surface area contributed by atoms with E-state index >= 15 is 0 Å². The van der Waals surface area contributed by atoms with Crippen LogP contribution in [-0.2, 0) is 43.2 Å². The van der Waals surface area contributed by atoms with Crippen molar-refractivity contribution in [1.82, 2.24) is 39.6 Å². The van der Waals surface area contributed by atoms with Gasteiger partial charge in [0.25, 0.3) is 0 Å². The predicted octanol–water partition coefficient (Wildman–Crippen LogP) is 5.15. The molecule has 0 heterocycles. The molecule has 0 spiro atoms. The minimum atomic E-state index is -0.918. The number of hydrogen-bond acceptors (Lipinski definition) is 10. The van der Waals surface area contributed by atoms with Gasteiger partial charge in [0.2, 0.25) is 47.3 Å². The van der Waals surface area contributed by atoms with E-state index in [9.17, 15) is 43.2 Å². The zero-order valence-corrected chi connectivity index (χ0v) is 50.3. The zero-order valence-electron chi connectivity index (χ0n) is 49.5. The van der Waals surface area contributed by atoms with E-state index in [-0.39, 0.29) is 197 Å². The van der Waals surface area contributed by atoms with Gasteiger partial charge < -0.3 is 44.7 Å². The first-order chi connectivity index (χ1) is 40.1. The molecule has 0 rings (SSSR count). The summed E-state index contributed by atoms with van der Waals surface area (Å²) in [6.07, 6.45) is 45.4. The summed E-state index contributed by atoms with van der Waals surface area (Å²) < 4.78 is 0. The summed E-state index contributed by atoms with van der Waals surface area (Å²) in [5.74, 6) is 16.1. The summed E-state index contributed by atoms with van der Waals surface area (Å²) in [7, 11) is 0. The van der Waals surface area contributed by atoms with Crippen molar-refractivity contribution in [1.29, 1.82) is 0 Å². The summed E-state index contributed by atoms with van der Waals surface area (Å²) >= 11 is 1.41. The van der Waals surface area contributed by atoms with Crippen LogP contribution in [0, 0.1) is 86.4 Å². The van der Waals surface area contributed by atoms with Crippen molar-refractivity contribution in [3.8, 4) is 86.4 Å². The molecule has 0 bridgehead atoms. The van der Waals surface area contributed by atoms with Crippen LogP contribution in [0.4, 0.5) is 0 Å². The third-order valence-corrected chi connectivity index (χ3v) is 14.2. The van der Waals surface area contributed by atoms with Crippen LogP contribution in [0.2, 0.25) is 0 Å². The summed E-state index contributed by atoms with van der Waals surface area (Å²) in [6.45, 7) is 3.55. The number of amides is 8. The number of terminal acetylenes is 7. The Kier molecular flexibility index (Phi) is 45.7. The largest absolute Gasteiger partial charge is 0.481 e. The molecular formula is C64H92N8O10S. The maximum atomic E-state index is 14.1. The molecule has 0 radical (unpaired) electrons. The average Bonchev–Trinajstić information content (AvgIpc) is 3.51. The van der Waals surface area contributed by atoms with E-state index in [1.807, 2.05) is 0 Å². The van der Waals surface area contributed by atoms with Gasteiger partial charge in [0.15, 0.2) is 0 Å². The van der Waals surface area contributed by atoms with Crippen molar-refractivity contribution in [2.75, 3.05) is 110 Å². The molecular weight excluding hydrogens is 1070 g/mol. The van der Waals surface area contributed by atoms with Gasteiger partial charge in [-0.3, -0.25) is 43.2 Å². The number of nitrogens with one attached hydrogen (secondary N) is 1. The topological polar surface area (TPSA) is 209 Å². The number of carbonyl (C=O) groups is 9. The normalized spacial score (nSPS) is 10.2. The fraction of sp³-hybridized carbons (Fsp3) is 0.641. The molecule has 0 aliphatic rings. The number of hydrogen-bond donors (Lipinski definition) is 2. The molecule has 0 aliphatic heterocycles. The predicted molar refractivity (Wildman–Crippen MR) is 328 cm³/mol. The molecule has 0 fully saturated rings. The fourth-order valence-electron chi connectivity index (χ4n) is 8.37. The highest BCUT2D eigenvalue weighted by molar-refractivity contribution is 7.99. The van der Waals surface area contributed by atoms with Crippen LogP contribution in [0.25, 0.3) is 0 Å². The van der Waals surface area contributed by atoms with Gasteiger partial charge in [-0.25, -0.2) is 0 Å². The summed E-state index contributed by atoms with van der Waals surface area (Å²) in [6, 6.07) is 0. The summed E-state index contributed by atoms with van der Waals surface area (Å²) in [4.78, 5) is 131. The highest BCUT2D eigenvalue weighted by Gasteiger charge is 2.25. The Morgan fingerprint density at radius 1 is 0.337 bits per heavy atom. The number of unbranched alkanes of at least 4 members (excludes halogenated alkanes) is 7. The SMILES string of the molecule is C#CCCCC(=O)N(CCNC(=O)CC)CCN(CCN(CCN(CCN(CCN(CCN(CCSCCC(=O)O)C(=O)CCCC#C)C(=O)CCCC#C)C(=O)CCCC#C)C(=O)CCCC#C)C(=O)CCCC#C)C(=O)CCCC#C. The molecule has 0 saturated heterocycles. The highest BCUT2D eigenvalue weighted by Crippen LogP contribution is 2.13. The zero-order chi connectivity index (χ0) is 61.9. The molecule has 0 atom stereocenters. The van der Waals surface area contributed by atoms with Crippen molar-refractivity contribution in [3.05, 3.63) is 0 Å². The maximum Gasteiger partial charge on any atom is 0.304 e. The number of carboxylic acid groups (broad SMARTS) is 1. The molecule has 454 valence electrons. The molecule has 0 unspecified atom stereocenters. The molecule has 18 nitrogen and oxygen atoms in total. The standard InChI is InChI=1S/C64H92N8O10S/c1-9-17-24-31-57(74)66(40-39-65-56(73)16-8)41-42-67(58(75)32-25-18-10-2)43-44-68(59(76)33-26-19-11-3)45-46-69(60(77)34-27-20-12-4)47-48-70(61(78)35-28-21-13-5)49-50-71(62(79)36-29-22-14-6)51-52-72(63(80)37-30-23-15-7)53-55-83-54-38-64(81)82/h1-7H,16-55H2,8H3,(H,65,73)(H,81,82). The van der Waals surface area contributed by atoms with Gasteiger partial charge in [-0.05, 0) is 44.9 Å². The smallest absolute Gasteiger partial charge is 0.304 e. The third-order valence-electron chi connectivity index (χ3n) is 13.3. The Balaban J connectivity index is 7.03. The highest BCUT2D eigenvalue weighted by atomic mass is 32.2. The summed E-state index contributed by atoms with van der Waals surface area (Å²) in [5, 5.41) is 11.9. The monoisotopic (exact) mass is 1160 g/mol. The van der Waals surface area contributed by atoms with Gasteiger partial charge in [-0.1, -0.05) is 6.92 Å². The Labute approximate surface area is 501 Å². The van der Waals surface area contributed by atoms with E-state index in [4.69, 9.17) is 50.1 Å². The molecule has 0 saturated carbocycles. The summed E-state index contributed by atoms with van der Waals surface area (Å²) in [5.41, 5.74) is 0. The Morgan fingerprint density at radius 2 is 0.554 bits per heavy atom. The number of carboxylic acids is 1. The van der Waals surface area contributed by atoms with Crippen LogP contribution >= 0.6 is 11.8 Å². The second-order valence-electron chi connectivity index (χ2n) is 19.5. The molecule has 0 aromatic rings. The minimum absolute atomic E-state index is 0.0226. The van der Waals surface area contributed by atoms with E-state index in [1.165, 1.54) is 11.8 Å². The number of carbonyl (C=O) groups excluding carboxylic acids is 8. The second kappa shape index (κ2) is 50.2. The first-order valence-corrected chi connectivity index (χ1v) is 30.3. The molecule has 83 heavy (non-hydrogen) atoms. The van der Waals surface area contributed by atoms with Crippen LogP contribution in [0.1, 0.15) is 155 Å². The van der Waals surface area contributed by atoms with Gasteiger partial charge in [-0.15, -0.1) is 86.4 Å². The van der Waals surface area contributed by atoms with Crippen LogP contribution in [0.15, 0.2) is 0 Å². The number of nitrogens with zero attached hydrogens (tertiary/aromatic N) is 7. The van der Waals surface area contributed by atoms with E-state index < -0.39 is 5.97 Å². The van der Waals surface area contributed by atoms with Crippen LogP contribution in [0.5, 0.6) is 0 Å². The quantitative estimate of drug-likeness (QED) is 0.0602. The van der Waals surface area contributed by atoms with Crippen molar-refractivity contribution in [2.24, 2.45) is 0 Å².